The number of rotatable bonds is 8. The van der Waals surface area contributed by atoms with E-state index in [4.69, 9.17) is 9.52 Å². The third-order valence-electron chi connectivity index (χ3n) is 2.12. The van der Waals surface area contributed by atoms with Gasteiger partial charge < -0.3 is 14.8 Å². The van der Waals surface area contributed by atoms with Gasteiger partial charge in [-0.25, -0.2) is 0 Å². The molecule has 0 aliphatic carbocycles. The van der Waals surface area contributed by atoms with Crippen molar-refractivity contribution >= 4 is 5.97 Å². The molecule has 0 saturated carbocycles. The van der Waals surface area contributed by atoms with E-state index in [0.29, 0.717) is 0 Å². The van der Waals surface area contributed by atoms with Gasteiger partial charge in [0.25, 0.3) is 0 Å². The average molecular weight is 211 g/mol. The lowest BCUT2D eigenvalue weighted by Crippen LogP contribution is -2.18. The highest BCUT2D eigenvalue weighted by atomic mass is 16.4. The number of nitrogens with one attached hydrogen (secondary N) is 1. The van der Waals surface area contributed by atoms with Gasteiger partial charge in [0.15, 0.2) is 0 Å². The first-order valence-corrected chi connectivity index (χ1v) is 5.24. The predicted octanol–water partition coefficient (Wildman–Crippen LogP) is 1.67. The van der Waals surface area contributed by atoms with Crippen LogP contribution in [-0.4, -0.2) is 24.2 Å². The SMILES string of the molecule is O=C(O)CCCCNCCc1ccco1. The van der Waals surface area contributed by atoms with Crippen LogP contribution in [0.15, 0.2) is 22.8 Å². The molecular formula is C11H17NO3. The van der Waals surface area contributed by atoms with Crippen LogP contribution in [-0.2, 0) is 11.2 Å². The Bertz CT molecular complexity index is 269. The predicted molar refractivity (Wildman–Crippen MR) is 56.8 cm³/mol. The number of aliphatic carboxylic acids is 1. The zero-order valence-electron chi connectivity index (χ0n) is 8.74. The van der Waals surface area contributed by atoms with Gasteiger partial charge in [-0.05, 0) is 31.5 Å². The lowest BCUT2D eigenvalue weighted by atomic mass is 10.2. The third-order valence-corrected chi connectivity index (χ3v) is 2.12. The van der Waals surface area contributed by atoms with Crippen LogP contribution in [0.3, 0.4) is 0 Å². The molecule has 0 spiro atoms. The maximum Gasteiger partial charge on any atom is 0.303 e. The van der Waals surface area contributed by atoms with Crippen molar-refractivity contribution in [1.82, 2.24) is 5.32 Å². The minimum absolute atomic E-state index is 0.264. The molecule has 84 valence electrons. The van der Waals surface area contributed by atoms with Crippen molar-refractivity contribution in [3.8, 4) is 0 Å². The number of furan rings is 1. The van der Waals surface area contributed by atoms with Crippen molar-refractivity contribution in [3.05, 3.63) is 24.2 Å². The highest BCUT2D eigenvalue weighted by Crippen LogP contribution is 1.99. The molecule has 0 radical (unpaired) electrons. The van der Waals surface area contributed by atoms with Gasteiger partial charge in [0.1, 0.15) is 5.76 Å². The summed E-state index contributed by atoms with van der Waals surface area (Å²) < 4.78 is 5.17. The van der Waals surface area contributed by atoms with Crippen LogP contribution < -0.4 is 5.32 Å². The van der Waals surface area contributed by atoms with Gasteiger partial charge in [0, 0.05) is 19.4 Å². The van der Waals surface area contributed by atoms with Crippen LogP contribution in [0, 0.1) is 0 Å². The first kappa shape index (κ1) is 11.8. The topological polar surface area (TPSA) is 62.5 Å². The number of carboxylic acids is 1. The largest absolute Gasteiger partial charge is 0.481 e. The van der Waals surface area contributed by atoms with E-state index in [9.17, 15) is 4.79 Å². The minimum Gasteiger partial charge on any atom is -0.481 e. The number of carboxylic acid groups (broad SMARTS) is 1. The Hall–Kier alpha value is -1.29. The van der Waals surface area contributed by atoms with E-state index in [1.165, 1.54) is 0 Å². The van der Waals surface area contributed by atoms with Crippen molar-refractivity contribution in [2.75, 3.05) is 13.1 Å². The van der Waals surface area contributed by atoms with E-state index in [2.05, 4.69) is 5.32 Å². The van der Waals surface area contributed by atoms with Crippen molar-refractivity contribution in [1.29, 1.82) is 0 Å². The van der Waals surface area contributed by atoms with Crippen molar-refractivity contribution in [2.45, 2.75) is 25.7 Å². The van der Waals surface area contributed by atoms with E-state index in [1.54, 1.807) is 6.26 Å². The third kappa shape index (κ3) is 5.91. The van der Waals surface area contributed by atoms with Gasteiger partial charge >= 0.3 is 5.97 Å². The van der Waals surface area contributed by atoms with Crippen molar-refractivity contribution in [2.24, 2.45) is 0 Å². The summed E-state index contributed by atoms with van der Waals surface area (Å²) in [6, 6.07) is 3.83. The van der Waals surface area contributed by atoms with Crippen molar-refractivity contribution < 1.29 is 14.3 Å². The zero-order chi connectivity index (χ0) is 10.9. The number of hydrogen-bond donors (Lipinski definition) is 2. The first-order valence-electron chi connectivity index (χ1n) is 5.24. The normalized spacial score (nSPS) is 10.4. The molecule has 0 bridgehead atoms. The fourth-order valence-electron chi connectivity index (χ4n) is 1.32. The van der Waals surface area contributed by atoms with Gasteiger partial charge in [0.05, 0.1) is 6.26 Å². The molecule has 2 N–H and O–H groups in total. The highest BCUT2D eigenvalue weighted by Gasteiger charge is 1.97. The fraction of sp³-hybridized carbons (Fsp3) is 0.545. The molecule has 0 aliphatic heterocycles. The molecule has 15 heavy (non-hydrogen) atoms. The smallest absolute Gasteiger partial charge is 0.303 e. The molecule has 1 heterocycles. The molecule has 0 aliphatic rings. The number of hydrogen-bond acceptors (Lipinski definition) is 3. The molecule has 4 nitrogen and oxygen atoms in total. The van der Waals surface area contributed by atoms with Crippen LogP contribution >= 0.6 is 0 Å². The number of unbranched alkanes of at least 4 members (excludes halogenated alkanes) is 1. The van der Waals surface area contributed by atoms with Gasteiger partial charge in [-0.2, -0.15) is 0 Å². The van der Waals surface area contributed by atoms with E-state index in [1.807, 2.05) is 12.1 Å². The Morgan fingerprint density at radius 2 is 2.27 bits per heavy atom. The molecule has 0 amide bonds. The molecule has 0 atom stereocenters. The van der Waals surface area contributed by atoms with E-state index in [0.717, 1.165) is 38.1 Å². The van der Waals surface area contributed by atoms with Gasteiger partial charge in [-0.3, -0.25) is 4.79 Å². The lowest BCUT2D eigenvalue weighted by Gasteiger charge is -2.02. The Morgan fingerprint density at radius 1 is 1.40 bits per heavy atom. The molecule has 1 aromatic heterocycles. The fourth-order valence-corrected chi connectivity index (χ4v) is 1.32. The summed E-state index contributed by atoms with van der Waals surface area (Å²) in [5.74, 6) is 0.263. The zero-order valence-corrected chi connectivity index (χ0v) is 8.74. The molecule has 1 rings (SSSR count). The molecule has 1 aromatic rings. The summed E-state index contributed by atoms with van der Waals surface area (Å²) in [7, 11) is 0. The van der Waals surface area contributed by atoms with Crippen LogP contribution in [0.4, 0.5) is 0 Å². The maximum absolute atomic E-state index is 10.2. The summed E-state index contributed by atoms with van der Waals surface area (Å²) in [4.78, 5) is 10.2. The molecule has 0 aromatic carbocycles. The van der Waals surface area contributed by atoms with E-state index in [-0.39, 0.29) is 6.42 Å². The quantitative estimate of drug-likeness (QED) is 0.642. The van der Waals surface area contributed by atoms with Gasteiger partial charge in [0.2, 0.25) is 0 Å². The van der Waals surface area contributed by atoms with Crippen molar-refractivity contribution in [3.63, 3.8) is 0 Å². The highest BCUT2D eigenvalue weighted by molar-refractivity contribution is 5.66. The average Bonchev–Trinajstić information content (AvgIpc) is 2.68. The minimum atomic E-state index is -0.717. The van der Waals surface area contributed by atoms with Gasteiger partial charge in [-0.1, -0.05) is 0 Å². The van der Waals surface area contributed by atoms with E-state index >= 15 is 0 Å². The Morgan fingerprint density at radius 3 is 2.93 bits per heavy atom. The Balaban J connectivity index is 1.87. The molecule has 0 fully saturated rings. The van der Waals surface area contributed by atoms with Crippen LogP contribution in [0.25, 0.3) is 0 Å². The second-order valence-corrected chi connectivity index (χ2v) is 3.43. The van der Waals surface area contributed by atoms with Crippen LogP contribution in [0.2, 0.25) is 0 Å². The number of carbonyl (C=O) groups is 1. The summed E-state index contributed by atoms with van der Waals surface area (Å²) in [6.07, 6.45) is 4.46. The molecule has 4 heteroatoms. The summed E-state index contributed by atoms with van der Waals surface area (Å²) in [6.45, 7) is 1.74. The standard InChI is InChI=1S/C11H17NO3/c13-11(14)5-1-2-7-12-8-6-10-4-3-9-15-10/h3-4,9,12H,1-2,5-8H2,(H,13,14). The molecular weight excluding hydrogens is 194 g/mol. The second kappa shape index (κ2) is 7.06. The van der Waals surface area contributed by atoms with Crippen LogP contribution in [0.5, 0.6) is 0 Å². The molecule has 0 saturated heterocycles. The maximum atomic E-state index is 10.2. The molecule has 0 unspecified atom stereocenters. The van der Waals surface area contributed by atoms with Gasteiger partial charge in [-0.15, -0.1) is 0 Å². The monoisotopic (exact) mass is 211 g/mol. The summed E-state index contributed by atoms with van der Waals surface area (Å²) in [5.41, 5.74) is 0. The second-order valence-electron chi connectivity index (χ2n) is 3.43. The lowest BCUT2D eigenvalue weighted by molar-refractivity contribution is -0.137. The first-order chi connectivity index (χ1) is 7.29. The van der Waals surface area contributed by atoms with E-state index < -0.39 is 5.97 Å². The summed E-state index contributed by atoms with van der Waals surface area (Å²) >= 11 is 0. The van der Waals surface area contributed by atoms with Crippen LogP contribution in [0.1, 0.15) is 25.0 Å². The Labute approximate surface area is 89.3 Å². The Kier molecular flexibility index (Phi) is 5.55. The summed E-state index contributed by atoms with van der Waals surface area (Å²) in [5, 5.41) is 11.7.